The van der Waals surface area contributed by atoms with Gasteiger partial charge >= 0.3 is 0 Å². The zero-order valence-corrected chi connectivity index (χ0v) is 9.61. The number of nitro groups is 1. The Morgan fingerprint density at radius 3 is 2.75 bits per heavy atom. The Hall–Kier alpha value is -1.75. The lowest BCUT2D eigenvalue weighted by molar-refractivity contribution is -0.626. The molecule has 0 spiro atoms. The molecule has 0 unspecified atom stereocenters. The van der Waals surface area contributed by atoms with Gasteiger partial charge in [-0.25, -0.2) is 0 Å². The van der Waals surface area contributed by atoms with Gasteiger partial charge < -0.3 is 0 Å². The number of para-hydroxylation sites is 1. The average molecular weight is 235 g/mol. The Morgan fingerprint density at radius 1 is 1.38 bits per heavy atom. The van der Waals surface area contributed by atoms with Crippen molar-refractivity contribution in [3.8, 4) is 0 Å². The SMILES string of the molecule is Cc1ccs[n+]1Cc1ccccc1[N+](=O)[O-]. The molecule has 1 aromatic carbocycles. The largest absolute Gasteiger partial charge is 0.278 e. The summed E-state index contributed by atoms with van der Waals surface area (Å²) >= 11 is 1.56. The number of nitrogens with zero attached hydrogens (tertiary/aromatic N) is 2. The van der Waals surface area contributed by atoms with Crippen LogP contribution in [0, 0.1) is 17.0 Å². The standard InChI is InChI=1S/C11H11N2O2S/c1-9-6-7-16-12(9)8-10-4-2-3-5-11(10)13(14)15/h2-7H,8H2,1H3/q+1. The first kappa shape index (κ1) is 10.8. The molecule has 0 saturated heterocycles. The van der Waals surface area contributed by atoms with E-state index < -0.39 is 0 Å². The molecule has 0 aliphatic carbocycles. The van der Waals surface area contributed by atoms with Crippen LogP contribution >= 0.6 is 11.5 Å². The van der Waals surface area contributed by atoms with Gasteiger partial charge in [0.15, 0.2) is 12.2 Å². The van der Waals surface area contributed by atoms with E-state index >= 15 is 0 Å². The minimum Gasteiger partial charge on any atom is -0.258 e. The van der Waals surface area contributed by atoms with Crippen LogP contribution in [0.1, 0.15) is 11.3 Å². The van der Waals surface area contributed by atoms with Crippen LogP contribution in [0.3, 0.4) is 0 Å². The summed E-state index contributed by atoms with van der Waals surface area (Å²) < 4.78 is 2.03. The quantitative estimate of drug-likeness (QED) is 0.465. The molecule has 0 N–H and O–H groups in total. The summed E-state index contributed by atoms with van der Waals surface area (Å²) in [6, 6.07) is 8.85. The van der Waals surface area contributed by atoms with Crippen LogP contribution in [-0.4, -0.2) is 4.92 Å². The summed E-state index contributed by atoms with van der Waals surface area (Å²) in [5, 5.41) is 12.8. The van der Waals surface area contributed by atoms with Crippen molar-refractivity contribution in [3.63, 3.8) is 0 Å². The molecule has 1 heterocycles. The number of aromatic nitrogens is 1. The number of benzene rings is 1. The molecule has 82 valence electrons. The third-order valence-corrected chi connectivity index (χ3v) is 3.32. The van der Waals surface area contributed by atoms with Crippen molar-refractivity contribution < 1.29 is 8.88 Å². The van der Waals surface area contributed by atoms with Crippen molar-refractivity contribution in [3.05, 3.63) is 57.1 Å². The molecule has 16 heavy (non-hydrogen) atoms. The molecule has 0 radical (unpaired) electrons. The average Bonchev–Trinajstić information content (AvgIpc) is 2.65. The van der Waals surface area contributed by atoms with E-state index in [-0.39, 0.29) is 10.6 Å². The van der Waals surface area contributed by atoms with Gasteiger partial charge in [-0.15, -0.1) is 3.96 Å². The van der Waals surface area contributed by atoms with Crippen LogP contribution < -0.4 is 3.96 Å². The van der Waals surface area contributed by atoms with Gasteiger partial charge in [0.2, 0.25) is 0 Å². The molecule has 5 heteroatoms. The first-order valence-electron chi connectivity index (χ1n) is 4.85. The second-order valence-corrected chi connectivity index (χ2v) is 4.40. The van der Waals surface area contributed by atoms with Crippen LogP contribution in [0.4, 0.5) is 5.69 Å². The van der Waals surface area contributed by atoms with Crippen LogP contribution in [0.5, 0.6) is 0 Å². The van der Waals surface area contributed by atoms with Gasteiger partial charge in [0.05, 0.1) is 15.9 Å². The van der Waals surface area contributed by atoms with Crippen LogP contribution in [0.15, 0.2) is 35.7 Å². The molecular weight excluding hydrogens is 224 g/mol. The van der Waals surface area contributed by atoms with E-state index in [1.165, 1.54) is 0 Å². The maximum absolute atomic E-state index is 10.8. The molecule has 0 amide bonds. The second-order valence-electron chi connectivity index (χ2n) is 3.47. The summed E-state index contributed by atoms with van der Waals surface area (Å²) in [6.07, 6.45) is 0. The first-order valence-corrected chi connectivity index (χ1v) is 5.69. The van der Waals surface area contributed by atoms with E-state index in [0.29, 0.717) is 6.54 Å². The Labute approximate surface area is 97.1 Å². The molecule has 2 rings (SSSR count). The maximum atomic E-state index is 10.8. The Balaban J connectivity index is 2.35. The zero-order valence-electron chi connectivity index (χ0n) is 8.79. The lowest BCUT2D eigenvalue weighted by Gasteiger charge is -1.97. The minimum absolute atomic E-state index is 0.183. The van der Waals surface area contributed by atoms with E-state index in [1.54, 1.807) is 29.7 Å². The molecule has 0 bridgehead atoms. The third kappa shape index (κ3) is 2.09. The highest BCUT2D eigenvalue weighted by Gasteiger charge is 2.18. The Morgan fingerprint density at radius 2 is 2.12 bits per heavy atom. The van der Waals surface area contributed by atoms with Gasteiger partial charge in [-0.3, -0.25) is 10.1 Å². The van der Waals surface area contributed by atoms with Crippen molar-refractivity contribution in [2.75, 3.05) is 0 Å². The fourth-order valence-corrected chi connectivity index (χ4v) is 2.35. The van der Waals surface area contributed by atoms with Gasteiger partial charge in [-0.2, -0.15) is 0 Å². The third-order valence-electron chi connectivity index (χ3n) is 2.39. The number of aryl methyl sites for hydroxylation is 1. The van der Waals surface area contributed by atoms with E-state index in [4.69, 9.17) is 0 Å². The highest BCUT2D eigenvalue weighted by molar-refractivity contribution is 6.99. The van der Waals surface area contributed by atoms with Crippen molar-refractivity contribution in [1.82, 2.24) is 0 Å². The van der Waals surface area contributed by atoms with Crippen LogP contribution in [-0.2, 0) is 6.54 Å². The Kier molecular flexibility index (Phi) is 2.96. The van der Waals surface area contributed by atoms with Crippen molar-refractivity contribution in [1.29, 1.82) is 0 Å². The smallest absolute Gasteiger partial charge is 0.258 e. The predicted octanol–water partition coefficient (Wildman–Crippen LogP) is 2.30. The first-order chi connectivity index (χ1) is 7.68. The number of hydrogen-bond acceptors (Lipinski definition) is 3. The summed E-state index contributed by atoms with van der Waals surface area (Å²) in [5.74, 6) is 0. The van der Waals surface area contributed by atoms with Gasteiger partial charge in [-0.05, 0) is 6.07 Å². The lowest BCUT2D eigenvalue weighted by Crippen LogP contribution is -2.32. The van der Waals surface area contributed by atoms with Crippen LogP contribution in [0.25, 0.3) is 0 Å². The zero-order chi connectivity index (χ0) is 11.5. The predicted molar refractivity (Wildman–Crippen MR) is 61.4 cm³/mol. The molecule has 1 aromatic heterocycles. The van der Waals surface area contributed by atoms with E-state index in [2.05, 4.69) is 0 Å². The molecule has 0 fully saturated rings. The molecular formula is C11H11N2O2S+. The number of rotatable bonds is 3. The summed E-state index contributed by atoms with van der Waals surface area (Å²) in [4.78, 5) is 10.5. The van der Waals surface area contributed by atoms with Crippen LogP contribution in [0.2, 0.25) is 0 Å². The van der Waals surface area contributed by atoms with E-state index in [1.807, 2.05) is 28.4 Å². The van der Waals surface area contributed by atoms with E-state index in [0.717, 1.165) is 11.3 Å². The second kappa shape index (κ2) is 4.40. The Bertz CT molecular complexity index is 522. The molecule has 0 aliphatic rings. The minimum atomic E-state index is -0.334. The van der Waals surface area contributed by atoms with Crippen molar-refractivity contribution >= 4 is 17.2 Å². The van der Waals surface area contributed by atoms with Gasteiger partial charge in [-0.1, -0.05) is 12.1 Å². The van der Waals surface area contributed by atoms with Crippen molar-refractivity contribution in [2.24, 2.45) is 0 Å². The number of hydrogen-bond donors (Lipinski definition) is 0. The van der Waals surface area contributed by atoms with Gasteiger partial charge in [0, 0.05) is 19.1 Å². The summed E-state index contributed by atoms with van der Waals surface area (Å²) in [6.45, 7) is 2.55. The normalized spacial score (nSPS) is 10.3. The van der Waals surface area contributed by atoms with Gasteiger partial charge in [0.1, 0.15) is 11.5 Å². The molecule has 0 aliphatic heterocycles. The monoisotopic (exact) mass is 235 g/mol. The van der Waals surface area contributed by atoms with Gasteiger partial charge in [0.25, 0.3) is 5.69 Å². The molecule has 0 atom stereocenters. The maximum Gasteiger partial charge on any atom is 0.278 e. The number of nitro benzene ring substituents is 1. The highest BCUT2D eigenvalue weighted by Crippen LogP contribution is 2.17. The fourth-order valence-electron chi connectivity index (χ4n) is 1.51. The highest BCUT2D eigenvalue weighted by atomic mass is 32.1. The van der Waals surface area contributed by atoms with Crippen molar-refractivity contribution in [2.45, 2.75) is 13.5 Å². The molecule has 0 saturated carbocycles. The topological polar surface area (TPSA) is 47.0 Å². The fraction of sp³-hybridized carbons (Fsp3) is 0.182. The summed E-state index contributed by atoms with van der Waals surface area (Å²) in [5.41, 5.74) is 2.04. The summed E-state index contributed by atoms with van der Waals surface area (Å²) in [7, 11) is 0. The van der Waals surface area contributed by atoms with E-state index in [9.17, 15) is 10.1 Å². The molecule has 4 nitrogen and oxygen atoms in total. The molecule has 2 aromatic rings. The lowest BCUT2D eigenvalue weighted by atomic mass is 10.2.